The molecule has 0 spiro atoms. The molecule has 0 rings (SSSR count). The van der Waals surface area contributed by atoms with E-state index in [-0.39, 0.29) is 11.8 Å². The van der Waals surface area contributed by atoms with Gasteiger partial charge in [-0.2, -0.15) is 0 Å². The van der Waals surface area contributed by atoms with Crippen LogP contribution in [-0.2, 0) is 9.59 Å². The molecule has 0 radical (unpaired) electrons. The highest BCUT2D eigenvalue weighted by Gasteiger charge is 2.24. The molecule has 0 aliphatic heterocycles. The predicted molar refractivity (Wildman–Crippen MR) is 53.9 cm³/mol. The number of nitrogens with zero attached hydrogens (tertiary/aromatic N) is 1. The molecule has 1 amide bonds. The van der Waals surface area contributed by atoms with Crippen LogP contribution < -0.4 is 0 Å². The van der Waals surface area contributed by atoms with Crippen LogP contribution in [0.2, 0.25) is 0 Å². The first-order valence-electron chi connectivity index (χ1n) is 4.88. The third-order valence-corrected chi connectivity index (χ3v) is 2.12. The second-order valence-electron chi connectivity index (χ2n) is 3.86. The zero-order valence-electron chi connectivity index (χ0n) is 9.28. The lowest BCUT2D eigenvalue weighted by atomic mass is 10.1. The minimum absolute atomic E-state index is 0.103. The lowest BCUT2D eigenvalue weighted by Crippen LogP contribution is -2.42. The van der Waals surface area contributed by atoms with Crippen molar-refractivity contribution < 1.29 is 14.7 Å². The van der Waals surface area contributed by atoms with Gasteiger partial charge < -0.3 is 10.0 Å². The van der Waals surface area contributed by atoms with Gasteiger partial charge in [-0.05, 0) is 12.3 Å². The third kappa shape index (κ3) is 3.77. The van der Waals surface area contributed by atoms with Crippen LogP contribution in [0.15, 0.2) is 0 Å². The average Bonchev–Trinajstić information content (AvgIpc) is 2.03. The number of hydrogen-bond donors (Lipinski definition) is 1. The van der Waals surface area contributed by atoms with Crippen LogP contribution >= 0.6 is 0 Å². The standard InChI is InChI=1S/C10H19NO3/c1-5-8(10(13)14)11(4)9(12)6-7(2)3/h7-8H,5-6H2,1-4H3,(H,13,14). The minimum atomic E-state index is -0.938. The first kappa shape index (κ1) is 12.9. The Labute approximate surface area is 84.9 Å². The molecule has 0 aromatic carbocycles. The lowest BCUT2D eigenvalue weighted by molar-refractivity contribution is -0.149. The SMILES string of the molecule is CCC(C(=O)O)N(C)C(=O)CC(C)C. The van der Waals surface area contributed by atoms with E-state index in [1.54, 1.807) is 14.0 Å². The summed E-state index contributed by atoms with van der Waals surface area (Å²) in [6.07, 6.45) is 0.843. The summed E-state index contributed by atoms with van der Waals surface area (Å²) in [7, 11) is 1.55. The van der Waals surface area contributed by atoms with Crippen molar-refractivity contribution in [3.8, 4) is 0 Å². The van der Waals surface area contributed by atoms with Gasteiger partial charge in [0.05, 0.1) is 0 Å². The van der Waals surface area contributed by atoms with Crippen LogP contribution in [0.5, 0.6) is 0 Å². The van der Waals surface area contributed by atoms with E-state index in [9.17, 15) is 9.59 Å². The summed E-state index contributed by atoms with van der Waals surface area (Å²) in [5.41, 5.74) is 0. The van der Waals surface area contributed by atoms with Gasteiger partial charge in [0.1, 0.15) is 6.04 Å². The normalized spacial score (nSPS) is 12.6. The molecule has 0 bridgehead atoms. The monoisotopic (exact) mass is 201 g/mol. The Morgan fingerprint density at radius 3 is 2.14 bits per heavy atom. The van der Waals surface area contributed by atoms with Gasteiger partial charge >= 0.3 is 5.97 Å². The summed E-state index contributed by atoms with van der Waals surface area (Å²) in [4.78, 5) is 23.6. The molecule has 0 aromatic rings. The van der Waals surface area contributed by atoms with E-state index in [0.29, 0.717) is 12.8 Å². The van der Waals surface area contributed by atoms with Crippen molar-refractivity contribution in [1.82, 2.24) is 4.90 Å². The topological polar surface area (TPSA) is 57.6 Å². The fourth-order valence-corrected chi connectivity index (χ4v) is 1.28. The fraction of sp³-hybridized carbons (Fsp3) is 0.800. The highest BCUT2D eigenvalue weighted by atomic mass is 16.4. The summed E-state index contributed by atoms with van der Waals surface area (Å²) in [6.45, 7) is 5.64. The van der Waals surface area contributed by atoms with Crippen molar-refractivity contribution in [1.29, 1.82) is 0 Å². The Bertz CT molecular complexity index is 213. The van der Waals surface area contributed by atoms with E-state index in [1.165, 1.54) is 4.90 Å². The van der Waals surface area contributed by atoms with E-state index >= 15 is 0 Å². The van der Waals surface area contributed by atoms with E-state index in [4.69, 9.17) is 5.11 Å². The maximum atomic E-state index is 11.5. The number of likely N-dealkylation sites (N-methyl/N-ethyl adjacent to an activating group) is 1. The van der Waals surface area contributed by atoms with Crippen molar-refractivity contribution in [2.45, 2.75) is 39.7 Å². The van der Waals surface area contributed by atoms with Gasteiger partial charge in [-0.15, -0.1) is 0 Å². The summed E-state index contributed by atoms with van der Waals surface area (Å²) in [6, 6.07) is -0.693. The van der Waals surface area contributed by atoms with E-state index in [1.807, 2.05) is 13.8 Å². The van der Waals surface area contributed by atoms with Crippen LogP contribution in [0, 0.1) is 5.92 Å². The number of carboxylic acid groups (broad SMARTS) is 1. The van der Waals surface area contributed by atoms with Crippen LogP contribution in [0.4, 0.5) is 0 Å². The molecule has 1 N–H and O–H groups in total. The van der Waals surface area contributed by atoms with Gasteiger partial charge in [-0.1, -0.05) is 20.8 Å². The van der Waals surface area contributed by atoms with Crippen LogP contribution in [-0.4, -0.2) is 35.0 Å². The van der Waals surface area contributed by atoms with Gasteiger partial charge in [0.15, 0.2) is 0 Å². The highest BCUT2D eigenvalue weighted by Crippen LogP contribution is 2.08. The predicted octanol–water partition coefficient (Wildman–Crippen LogP) is 1.35. The largest absolute Gasteiger partial charge is 0.480 e. The number of carbonyl (C=O) groups is 2. The maximum absolute atomic E-state index is 11.5. The average molecular weight is 201 g/mol. The van der Waals surface area contributed by atoms with Gasteiger partial charge in [0.25, 0.3) is 0 Å². The fourth-order valence-electron chi connectivity index (χ4n) is 1.28. The Balaban J connectivity index is 4.34. The van der Waals surface area contributed by atoms with Crippen molar-refractivity contribution in [3.05, 3.63) is 0 Å². The summed E-state index contributed by atoms with van der Waals surface area (Å²) in [5.74, 6) is -0.780. The van der Waals surface area contributed by atoms with Crippen LogP contribution in [0.25, 0.3) is 0 Å². The molecule has 0 saturated heterocycles. The number of hydrogen-bond acceptors (Lipinski definition) is 2. The van der Waals surface area contributed by atoms with Crippen LogP contribution in [0.3, 0.4) is 0 Å². The third-order valence-electron chi connectivity index (χ3n) is 2.12. The molecule has 0 saturated carbocycles. The molecule has 1 unspecified atom stereocenters. The van der Waals surface area contributed by atoms with E-state index < -0.39 is 12.0 Å². The number of aliphatic carboxylic acids is 1. The van der Waals surface area contributed by atoms with E-state index in [0.717, 1.165) is 0 Å². The van der Waals surface area contributed by atoms with Gasteiger partial charge in [-0.25, -0.2) is 4.79 Å². The number of amides is 1. The maximum Gasteiger partial charge on any atom is 0.326 e. The quantitative estimate of drug-likeness (QED) is 0.730. The van der Waals surface area contributed by atoms with Crippen molar-refractivity contribution >= 4 is 11.9 Å². The second kappa shape index (κ2) is 5.62. The molecule has 14 heavy (non-hydrogen) atoms. The molecule has 0 fully saturated rings. The Kier molecular flexibility index (Phi) is 5.20. The molecular formula is C10H19NO3. The summed E-state index contributed by atoms with van der Waals surface area (Å²) >= 11 is 0. The molecule has 4 nitrogen and oxygen atoms in total. The second-order valence-corrected chi connectivity index (χ2v) is 3.86. The Morgan fingerprint density at radius 2 is 1.86 bits per heavy atom. The molecule has 0 heterocycles. The first-order valence-corrected chi connectivity index (χ1v) is 4.88. The molecule has 4 heteroatoms. The van der Waals surface area contributed by atoms with Gasteiger partial charge in [0.2, 0.25) is 5.91 Å². The molecular weight excluding hydrogens is 182 g/mol. The number of carbonyl (C=O) groups excluding carboxylic acids is 1. The van der Waals surface area contributed by atoms with E-state index in [2.05, 4.69) is 0 Å². The van der Waals surface area contributed by atoms with Crippen molar-refractivity contribution in [2.24, 2.45) is 5.92 Å². The molecule has 1 atom stereocenters. The summed E-state index contributed by atoms with van der Waals surface area (Å²) in [5, 5.41) is 8.83. The number of carboxylic acids is 1. The van der Waals surface area contributed by atoms with Crippen molar-refractivity contribution in [2.75, 3.05) is 7.05 Å². The van der Waals surface area contributed by atoms with Crippen LogP contribution in [0.1, 0.15) is 33.6 Å². The van der Waals surface area contributed by atoms with Gasteiger partial charge in [0, 0.05) is 13.5 Å². The summed E-state index contributed by atoms with van der Waals surface area (Å²) < 4.78 is 0. The van der Waals surface area contributed by atoms with Gasteiger partial charge in [-0.3, -0.25) is 4.79 Å². The molecule has 0 aromatic heterocycles. The highest BCUT2D eigenvalue weighted by molar-refractivity contribution is 5.83. The smallest absolute Gasteiger partial charge is 0.326 e. The molecule has 82 valence electrons. The molecule has 0 aliphatic carbocycles. The zero-order valence-corrected chi connectivity index (χ0v) is 9.28. The Morgan fingerprint density at radius 1 is 1.36 bits per heavy atom. The Hall–Kier alpha value is -1.06. The lowest BCUT2D eigenvalue weighted by Gasteiger charge is -2.24. The molecule has 0 aliphatic rings. The minimum Gasteiger partial charge on any atom is -0.480 e. The first-order chi connectivity index (χ1) is 6.40. The van der Waals surface area contributed by atoms with Crippen molar-refractivity contribution in [3.63, 3.8) is 0 Å². The number of rotatable bonds is 5. The zero-order chi connectivity index (χ0) is 11.3.